The molecule has 0 radical (unpaired) electrons. The molecule has 3 heteroatoms. The van der Waals surface area contributed by atoms with Crippen LogP contribution in [0.5, 0.6) is 5.75 Å². The molecule has 0 saturated carbocycles. The number of hydrogen-bond acceptors (Lipinski definition) is 3. The number of rotatable bonds is 7. The molecule has 1 aromatic carbocycles. The number of phenolic OH excluding ortho intramolecular Hbond substituents is 1. The van der Waals surface area contributed by atoms with E-state index in [0.29, 0.717) is 5.75 Å². The maximum Gasteiger partial charge on any atom is 0.115 e. The molecule has 0 aliphatic rings. The van der Waals surface area contributed by atoms with Crippen molar-refractivity contribution in [3.63, 3.8) is 0 Å². The van der Waals surface area contributed by atoms with E-state index in [1.54, 1.807) is 12.1 Å². The van der Waals surface area contributed by atoms with Crippen LogP contribution >= 0.6 is 0 Å². The quantitative estimate of drug-likeness (QED) is 0.550. The van der Waals surface area contributed by atoms with Crippen LogP contribution in [0, 0.1) is 0 Å². The van der Waals surface area contributed by atoms with Gasteiger partial charge in [-0.15, -0.1) is 0 Å². The second kappa shape index (κ2) is 7.25. The molecule has 0 aliphatic carbocycles. The first kappa shape index (κ1) is 13.0. The lowest BCUT2D eigenvalue weighted by Gasteiger charge is -2.15. The number of aryl methyl sites for hydroxylation is 1. The van der Waals surface area contributed by atoms with Crippen LogP contribution in [-0.4, -0.2) is 23.2 Å². The molecular weight excluding hydrogens is 200 g/mol. The van der Waals surface area contributed by atoms with E-state index in [-0.39, 0.29) is 0 Å². The summed E-state index contributed by atoms with van der Waals surface area (Å²) >= 11 is 0. The van der Waals surface area contributed by atoms with Crippen molar-refractivity contribution in [1.29, 1.82) is 0 Å². The Morgan fingerprint density at radius 1 is 1.12 bits per heavy atom. The van der Waals surface area contributed by atoms with E-state index in [1.807, 2.05) is 17.1 Å². The van der Waals surface area contributed by atoms with Crippen molar-refractivity contribution in [3.05, 3.63) is 29.8 Å². The highest BCUT2D eigenvalue weighted by Crippen LogP contribution is 2.11. The van der Waals surface area contributed by atoms with E-state index in [9.17, 15) is 0 Å². The van der Waals surface area contributed by atoms with Gasteiger partial charge in [-0.1, -0.05) is 25.5 Å². The highest BCUT2D eigenvalue weighted by atomic mass is 16.3. The number of benzene rings is 1. The molecule has 0 bridgehead atoms. The summed E-state index contributed by atoms with van der Waals surface area (Å²) in [4.78, 5) is 0. The minimum Gasteiger partial charge on any atom is -0.508 e. The normalized spacial score (nSPS) is 10.9. The Labute approximate surface area is 97.9 Å². The first-order chi connectivity index (χ1) is 7.72. The van der Waals surface area contributed by atoms with E-state index in [4.69, 9.17) is 10.9 Å². The van der Waals surface area contributed by atoms with Crippen molar-refractivity contribution >= 4 is 0 Å². The van der Waals surface area contributed by atoms with E-state index in [0.717, 1.165) is 32.4 Å². The monoisotopic (exact) mass is 222 g/mol. The minimum absolute atomic E-state index is 0.326. The van der Waals surface area contributed by atoms with Crippen LogP contribution in [-0.2, 0) is 6.42 Å². The van der Waals surface area contributed by atoms with Crippen LogP contribution in [0.15, 0.2) is 24.3 Å². The third-order valence-corrected chi connectivity index (χ3v) is 2.65. The Kier molecular flexibility index (Phi) is 5.90. The molecule has 0 aromatic heterocycles. The summed E-state index contributed by atoms with van der Waals surface area (Å²) in [7, 11) is 0. The predicted octanol–water partition coefficient (Wildman–Crippen LogP) is 2.30. The first-order valence-corrected chi connectivity index (χ1v) is 6.00. The van der Waals surface area contributed by atoms with Crippen molar-refractivity contribution in [2.45, 2.75) is 32.6 Å². The molecule has 3 N–H and O–H groups in total. The summed E-state index contributed by atoms with van der Waals surface area (Å²) < 4.78 is 0. The van der Waals surface area contributed by atoms with Crippen molar-refractivity contribution in [2.75, 3.05) is 13.1 Å². The Morgan fingerprint density at radius 2 is 1.75 bits per heavy atom. The summed E-state index contributed by atoms with van der Waals surface area (Å²) in [6, 6.07) is 7.38. The van der Waals surface area contributed by atoms with Gasteiger partial charge in [0.05, 0.1) is 0 Å². The van der Waals surface area contributed by atoms with Gasteiger partial charge in [-0.05, 0) is 37.0 Å². The third kappa shape index (κ3) is 5.14. The smallest absolute Gasteiger partial charge is 0.115 e. The fraction of sp³-hybridized carbons (Fsp3) is 0.538. The molecule has 0 heterocycles. The molecule has 1 aromatic rings. The molecule has 0 atom stereocenters. The van der Waals surface area contributed by atoms with Gasteiger partial charge in [0, 0.05) is 13.1 Å². The van der Waals surface area contributed by atoms with Gasteiger partial charge in [0.25, 0.3) is 0 Å². The van der Waals surface area contributed by atoms with E-state index in [2.05, 4.69) is 6.92 Å². The topological polar surface area (TPSA) is 49.5 Å². The maximum atomic E-state index is 9.14. The van der Waals surface area contributed by atoms with Gasteiger partial charge < -0.3 is 5.11 Å². The third-order valence-electron chi connectivity index (χ3n) is 2.65. The highest BCUT2D eigenvalue weighted by molar-refractivity contribution is 5.25. The molecule has 0 aliphatic heterocycles. The summed E-state index contributed by atoms with van der Waals surface area (Å²) in [5, 5.41) is 11.0. The second-order valence-corrected chi connectivity index (χ2v) is 4.16. The molecule has 90 valence electrons. The molecule has 0 saturated heterocycles. The lowest BCUT2D eigenvalue weighted by atomic mass is 10.1. The van der Waals surface area contributed by atoms with Crippen molar-refractivity contribution in [3.8, 4) is 5.75 Å². The van der Waals surface area contributed by atoms with Gasteiger partial charge in [0.1, 0.15) is 5.75 Å². The van der Waals surface area contributed by atoms with Crippen molar-refractivity contribution in [1.82, 2.24) is 5.01 Å². The molecule has 0 amide bonds. The summed E-state index contributed by atoms with van der Waals surface area (Å²) in [6.45, 7) is 4.08. The van der Waals surface area contributed by atoms with E-state index in [1.165, 1.54) is 12.0 Å². The summed E-state index contributed by atoms with van der Waals surface area (Å²) in [5.74, 6) is 6.17. The summed E-state index contributed by atoms with van der Waals surface area (Å²) in [6.07, 6.45) is 4.42. The number of hydrazine groups is 1. The zero-order valence-corrected chi connectivity index (χ0v) is 10.0. The second-order valence-electron chi connectivity index (χ2n) is 4.16. The number of unbranched alkanes of at least 4 members (excludes halogenated alkanes) is 1. The fourth-order valence-electron chi connectivity index (χ4n) is 1.62. The molecule has 0 fully saturated rings. The Balaban J connectivity index is 2.17. The molecule has 16 heavy (non-hydrogen) atoms. The van der Waals surface area contributed by atoms with Gasteiger partial charge in [-0.3, -0.25) is 5.84 Å². The lowest BCUT2D eigenvalue weighted by molar-refractivity contribution is 0.275. The number of nitrogens with zero attached hydrogens (tertiary/aromatic N) is 1. The lowest BCUT2D eigenvalue weighted by Crippen LogP contribution is -2.33. The standard InChI is InChI=1S/C13H22N2O/c1-2-3-10-15(14)11-4-5-12-6-8-13(16)9-7-12/h6-9,16H,2-5,10-11,14H2,1H3. The van der Waals surface area contributed by atoms with Crippen LogP contribution in [0.2, 0.25) is 0 Å². The molecular formula is C13H22N2O. The van der Waals surface area contributed by atoms with Crippen molar-refractivity contribution < 1.29 is 5.11 Å². The molecule has 0 unspecified atom stereocenters. The van der Waals surface area contributed by atoms with E-state index >= 15 is 0 Å². The average molecular weight is 222 g/mol. The number of nitrogens with two attached hydrogens (primary N) is 1. The number of aromatic hydroxyl groups is 1. The SMILES string of the molecule is CCCCN(N)CCCc1ccc(O)cc1. The van der Waals surface area contributed by atoms with Crippen LogP contribution < -0.4 is 5.84 Å². The van der Waals surface area contributed by atoms with Gasteiger partial charge >= 0.3 is 0 Å². The Morgan fingerprint density at radius 3 is 2.38 bits per heavy atom. The van der Waals surface area contributed by atoms with Crippen LogP contribution in [0.3, 0.4) is 0 Å². The predicted molar refractivity (Wildman–Crippen MR) is 67.1 cm³/mol. The highest BCUT2D eigenvalue weighted by Gasteiger charge is 1.99. The zero-order chi connectivity index (χ0) is 11.8. The maximum absolute atomic E-state index is 9.14. The minimum atomic E-state index is 0.326. The van der Waals surface area contributed by atoms with E-state index < -0.39 is 0 Å². The Hall–Kier alpha value is -1.06. The largest absolute Gasteiger partial charge is 0.508 e. The zero-order valence-electron chi connectivity index (χ0n) is 10.0. The molecule has 0 spiro atoms. The van der Waals surface area contributed by atoms with Gasteiger partial charge in [-0.25, -0.2) is 5.01 Å². The number of phenols is 1. The van der Waals surface area contributed by atoms with Crippen LogP contribution in [0.1, 0.15) is 31.7 Å². The first-order valence-electron chi connectivity index (χ1n) is 6.00. The summed E-state index contributed by atoms with van der Waals surface area (Å²) in [5.41, 5.74) is 1.25. The number of hydrogen-bond donors (Lipinski definition) is 2. The Bertz CT molecular complexity index is 284. The van der Waals surface area contributed by atoms with Gasteiger partial charge in [0.15, 0.2) is 0 Å². The van der Waals surface area contributed by atoms with Crippen LogP contribution in [0.25, 0.3) is 0 Å². The molecule has 1 rings (SSSR count). The van der Waals surface area contributed by atoms with Gasteiger partial charge in [0.2, 0.25) is 0 Å². The molecule has 3 nitrogen and oxygen atoms in total. The average Bonchev–Trinajstić information content (AvgIpc) is 2.29. The fourth-order valence-corrected chi connectivity index (χ4v) is 1.62. The van der Waals surface area contributed by atoms with Crippen LogP contribution in [0.4, 0.5) is 0 Å². The van der Waals surface area contributed by atoms with Crippen molar-refractivity contribution in [2.24, 2.45) is 5.84 Å². The van der Waals surface area contributed by atoms with Gasteiger partial charge in [-0.2, -0.15) is 0 Å².